The molecule has 1 aliphatic heterocycles. The number of hydrogen-bond acceptors (Lipinski definition) is 2. The van der Waals surface area contributed by atoms with Crippen molar-refractivity contribution in [3.8, 4) is 0 Å². The number of nitrogens with zero attached hydrogens (tertiary/aromatic N) is 1. The highest BCUT2D eigenvalue weighted by molar-refractivity contribution is 14.1. The van der Waals surface area contributed by atoms with E-state index in [1.54, 1.807) is 6.07 Å². The lowest BCUT2D eigenvalue weighted by molar-refractivity contribution is 0.200. The number of rotatable bonds is 3. The van der Waals surface area contributed by atoms with Gasteiger partial charge in [-0.05, 0) is 40.8 Å². The molecule has 0 aliphatic carbocycles. The van der Waals surface area contributed by atoms with Gasteiger partial charge in [-0.1, -0.05) is 6.08 Å². The summed E-state index contributed by atoms with van der Waals surface area (Å²) in [4.78, 5) is 2.26. The Labute approximate surface area is 127 Å². The van der Waals surface area contributed by atoms with Crippen LogP contribution in [0.2, 0.25) is 0 Å². The van der Waals surface area contributed by atoms with E-state index in [1.807, 2.05) is 12.1 Å². The zero-order valence-corrected chi connectivity index (χ0v) is 13.0. The van der Waals surface area contributed by atoms with E-state index in [4.69, 9.17) is 0 Å². The number of nitrogens with one attached hydrogen (secondary N) is 1. The Morgan fingerprint density at radius 3 is 2.67 bits per heavy atom. The minimum absolute atomic E-state index is 0. The topological polar surface area (TPSA) is 15.3 Å². The molecule has 1 fully saturated rings. The van der Waals surface area contributed by atoms with Crippen molar-refractivity contribution in [1.29, 1.82) is 0 Å². The summed E-state index contributed by atoms with van der Waals surface area (Å²) in [6.07, 6.45) is 1.83. The van der Waals surface area contributed by atoms with Gasteiger partial charge in [0, 0.05) is 35.3 Å². The van der Waals surface area contributed by atoms with Gasteiger partial charge in [0.1, 0.15) is 5.82 Å². The molecule has 1 aromatic carbocycles. The normalized spacial score (nSPS) is 17.9. The molecule has 5 heteroatoms. The van der Waals surface area contributed by atoms with E-state index in [9.17, 15) is 4.39 Å². The SMILES string of the molecule is C=C[C@H](c1cc(I)ccc1F)N1CCNCC1.Cl. The molecule has 1 N–H and O–H groups in total. The molecular weight excluding hydrogens is 366 g/mol. The lowest BCUT2D eigenvalue weighted by atomic mass is 10.0. The third-order valence-corrected chi connectivity index (χ3v) is 3.72. The fourth-order valence-corrected chi connectivity index (χ4v) is 2.69. The van der Waals surface area contributed by atoms with Crippen molar-refractivity contribution >= 4 is 35.0 Å². The molecule has 0 saturated carbocycles. The summed E-state index contributed by atoms with van der Waals surface area (Å²) < 4.78 is 14.9. The van der Waals surface area contributed by atoms with E-state index in [1.165, 1.54) is 6.07 Å². The Morgan fingerprint density at radius 2 is 2.06 bits per heavy atom. The van der Waals surface area contributed by atoms with Crippen molar-refractivity contribution in [2.75, 3.05) is 26.2 Å². The van der Waals surface area contributed by atoms with Crippen molar-refractivity contribution in [3.05, 3.63) is 45.8 Å². The first-order chi connectivity index (χ1) is 8.22. The summed E-state index contributed by atoms with van der Waals surface area (Å²) in [7, 11) is 0. The molecule has 1 saturated heterocycles. The van der Waals surface area contributed by atoms with Crippen molar-refractivity contribution in [2.45, 2.75) is 6.04 Å². The number of hydrogen-bond donors (Lipinski definition) is 1. The summed E-state index contributed by atoms with van der Waals surface area (Å²) >= 11 is 2.21. The fraction of sp³-hybridized carbons (Fsp3) is 0.385. The van der Waals surface area contributed by atoms with Crippen molar-refractivity contribution < 1.29 is 4.39 Å². The summed E-state index contributed by atoms with van der Waals surface area (Å²) in [6.45, 7) is 7.62. The average Bonchev–Trinajstić information content (AvgIpc) is 2.36. The Kier molecular flexibility index (Phi) is 6.55. The largest absolute Gasteiger partial charge is 0.314 e. The number of benzene rings is 1. The van der Waals surface area contributed by atoms with E-state index in [0.717, 1.165) is 35.3 Å². The Morgan fingerprint density at radius 1 is 1.39 bits per heavy atom. The van der Waals surface area contributed by atoms with Gasteiger partial charge in [-0.25, -0.2) is 4.39 Å². The van der Waals surface area contributed by atoms with Gasteiger partial charge in [-0.2, -0.15) is 0 Å². The molecule has 100 valence electrons. The maximum atomic E-state index is 13.9. The zero-order valence-electron chi connectivity index (χ0n) is 10.0. The van der Waals surface area contributed by atoms with E-state index in [2.05, 4.69) is 39.4 Å². The van der Waals surface area contributed by atoms with E-state index >= 15 is 0 Å². The van der Waals surface area contributed by atoms with E-state index in [0.29, 0.717) is 0 Å². The first kappa shape index (κ1) is 15.9. The van der Waals surface area contributed by atoms with Gasteiger partial charge in [0.15, 0.2) is 0 Å². The lowest BCUT2D eigenvalue weighted by Crippen LogP contribution is -2.44. The molecule has 0 spiro atoms. The number of piperazine rings is 1. The summed E-state index contributed by atoms with van der Waals surface area (Å²) in [5, 5.41) is 3.30. The summed E-state index contributed by atoms with van der Waals surface area (Å²) in [5.41, 5.74) is 0.730. The molecule has 18 heavy (non-hydrogen) atoms. The molecule has 0 unspecified atom stereocenters. The molecule has 0 aromatic heterocycles. The lowest BCUT2D eigenvalue weighted by Gasteiger charge is -2.33. The monoisotopic (exact) mass is 382 g/mol. The van der Waals surface area contributed by atoms with Crippen molar-refractivity contribution in [1.82, 2.24) is 10.2 Å². The van der Waals surface area contributed by atoms with Gasteiger partial charge in [0.2, 0.25) is 0 Å². The standard InChI is InChI=1S/C13H16FIN2.ClH/c1-2-13(17-7-5-16-6-8-17)11-9-10(15)3-4-12(11)14;/h2-4,9,13,16H,1,5-8H2;1H/t13-;/m1./s1. The first-order valence-electron chi connectivity index (χ1n) is 5.74. The average molecular weight is 383 g/mol. The molecule has 2 rings (SSSR count). The Bertz CT molecular complexity index is 408. The molecule has 2 nitrogen and oxygen atoms in total. The van der Waals surface area contributed by atoms with Crippen LogP contribution >= 0.6 is 35.0 Å². The van der Waals surface area contributed by atoms with Gasteiger partial charge in [-0.15, -0.1) is 19.0 Å². The Hall–Kier alpha value is -0.170. The number of halogens is 3. The van der Waals surface area contributed by atoms with Crippen LogP contribution in [-0.4, -0.2) is 31.1 Å². The van der Waals surface area contributed by atoms with E-state index < -0.39 is 0 Å². The second kappa shape index (κ2) is 7.43. The maximum absolute atomic E-state index is 13.9. The third kappa shape index (κ3) is 3.66. The summed E-state index contributed by atoms with van der Waals surface area (Å²) in [6, 6.07) is 5.21. The molecule has 1 aromatic rings. The van der Waals surface area contributed by atoms with Crippen LogP contribution in [0.1, 0.15) is 11.6 Å². The quantitative estimate of drug-likeness (QED) is 0.639. The van der Waals surface area contributed by atoms with Crippen LogP contribution in [0, 0.1) is 9.39 Å². The van der Waals surface area contributed by atoms with Gasteiger partial charge < -0.3 is 5.32 Å². The molecule has 0 radical (unpaired) electrons. The van der Waals surface area contributed by atoms with Crippen molar-refractivity contribution in [3.63, 3.8) is 0 Å². The van der Waals surface area contributed by atoms with E-state index in [-0.39, 0.29) is 24.3 Å². The molecule has 1 heterocycles. The maximum Gasteiger partial charge on any atom is 0.128 e. The molecule has 0 bridgehead atoms. The second-order valence-corrected chi connectivity index (χ2v) is 5.38. The third-order valence-electron chi connectivity index (χ3n) is 3.04. The Balaban J connectivity index is 0.00000162. The molecule has 1 atom stereocenters. The molecular formula is C13H17ClFIN2. The molecule has 1 aliphatic rings. The predicted octanol–water partition coefficient (Wildman–Crippen LogP) is 2.98. The fourth-order valence-electron chi connectivity index (χ4n) is 2.17. The van der Waals surface area contributed by atoms with Crippen LogP contribution in [0.4, 0.5) is 4.39 Å². The van der Waals surface area contributed by atoms with Gasteiger partial charge in [0.25, 0.3) is 0 Å². The van der Waals surface area contributed by atoms with Crippen LogP contribution in [0.5, 0.6) is 0 Å². The van der Waals surface area contributed by atoms with Gasteiger partial charge >= 0.3 is 0 Å². The van der Waals surface area contributed by atoms with Gasteiger partial charge in [-0.3, -0.25) is 4.90 Å². The van der Waals surface area contributed by atoms with Crippen LogP contribution in [0.3, 0.4) is 0 Å². The smallest absolute Gasteiger partial charge is 0.128 e. The second-order valence-electron chi connectivity index (χ2n) is 4.13. The summed E-state index contributed by atoms with van der Waals surface area (Å²) in [5.74, 6) is -0.145. The highest BCUT2D eigenvalue weighted by atomic mass is 127. The van der Waals surface area contributed by atoms with Crippen LogP contribution < -0.4 is 5.32 Å². The van der Waals surface area contributed by atoms with Crippen LogP contribution in [0.25, 0.3) is 0 Å². The minimum Gasteiger partial charge on any atom is -0.314 e. The van der Waals surface area contributed by atoms with Crippen LogP contribution in [0.15, 0.2) is 30.9 Å². The highest BCUT2D eigenvalue weighted by Crippen LogP contribution is 2.26. The zero-order chi connectivity index (χ0) is 12.3. The van der Waals surface area contributed by atoms with Crippen LogP contribution in [-0.2, 0) is 0 Å². The highest BCUT2D eigenvalue weighted by Gasteiger charge is 2.21. The van der Waals surface area contributed by atoms with Crippen molar-refractivity contribution in [2.24, 2.45) is 0 Å². The minimum atomic E-state index is -0.145. The predicted molar refractivity (Wildman–Crippen MR) is 83.7 cm³/mol. The van der Waals surface area contributed by atoms with Gasteiger partial charge in [0.05, 0.1) is 6.04 Å². The molecule has 0 amide bonds. The first-order valence-corrected chi connectivity index (χ1v) is 6.82.